The summed E-state index contributed by atoms with van der Waals surface area (Å²) in [5, 5.41) is 0. The molecule has 0 unspecified atom stereocenters. The molecule has 1 fully saturated rings. The van der Waals surface area contributed by atoms with Crippen molar-refractivity contribution in [3.05, 3.63) is 12.2 Å². The number of hydrogen-bond donors (Lipinski definition) is 0. The van der Waals surface area contributed by atoms with Gasteiger partial charge in [-0.05, 0) is 50.9 Å². The molecule has 0 aromatic heterocycles. The third-order valence-electron chi connectivity index (χ3n) is 2.87. The molecular weight excluding hydrogens is 151 g/mol. The first-order valence-corrected chi connectivity index (χ1v) is 5.05. The van der Waals surface area contributed by atoms with Gasteiger partial charge >= 0.3 is 0 Å². The maximum atomic E-state index is 12.0. The Labute approximate surface area is 74.9 Å². The van der Waals surface area contributed by atoms with E-state index in [4.69, 9.17) is 0 Å². The Morgan fingerprint density at radius 2 is 1.92 bits per heavy atom. The Kier molecular flexibility index (Phi) is 4.34. The summed E-state index contributed by atoms with van der Waals surface area (Å²) in [7, 11) is 0. The molecule has 12 heavy (non-hydrogen) atoms. The second-order valence-corrected chi connectivity index (χ2v) is 3.78. The molecule has 0 nitrogen and oxygen atoms in total. The Morgan fingerprint density at radius 1 is 1.25 bits per heavy atom. The number of alkyl halides is 1. The molecule has 0 amide bonds. The normalized spacial score (nSPS) is 31.2. The summed E-state index contributed by atoms with van der Waals surface area (Å²) < 4.78 is 12.0. The first-order chi connectivity index (χ1) is 5.86. The molecule has 0 saturated heterocycles. The lowest BCUT2D eigenvalue weighted by atomic mass is 9.81. The van der Waals surface area contributed by atoms with Crippen molar-refractivity contribution >= 4 is 0 Å². The van der Waals surface area contributed by atoms with E-state index in [0.29, 0.717) is 5.92 Å². The van der Waals surface area contributed by atoms with Gasteiger partial charge in [0.1, 0.15) is 0 Å². The van der Waals surface area contributed by atoms with Crippen molar-refractivity contribution < 1.29 is 4.39 Å². The van der Waals surface area contributed by atoms with Crippen LogP contribution in [-0.4, -0.2) is 6.67 Å². The summed E-state index contributed by atoms with van der Waals surface area (Å²) in [6, 6.07) is 0. The first kappa shape index (κ1) is 9.76. The molecule has 0 spiro atoms. The SMILES string of the molecule is C/C=C/C1CCC(CCF)CC1. The first-order valence-electron chi connectivity index (χ1n) is 5.05. The molecule has 0 aromatic rings. The zero-order valence-corrected chi connectivity index (χ0v) is 7.93. The van der Waals surface area contributed by atoms with Gasteiger partial charge in [0.25, 0.3) is 0 Å². The van der Waals surface area contributed by atoms with Crippen molar-refractivity contribution in [1.29, 1.82) is 0 Å². The predicted octanol–water partition coefficient (Wildman–Crippen LogP) is 3.73. The molecule has 0 bridgehead atoms. The van der Waals surface area contributed by atoms with Crippen LogP contribution in [0.1, 0.15) is 39.0 Å². The van der Waals surface area contributed by atoms with E-state index in [1.807, 2.05) is 0 Å². The highest BCUT2D eigenvalue weighted by Crippen LogP contribution is 2.31. The van der Waals surface area contributed by atoms with E-state index < -0.39 is 0 Å². The zero-order chi connectivity index (χ0) is 8.81. The Balaban J connectivity index is 2.20. The molecule has 1 aliphatic rings. The van der Waals surface area contributed by atoms with Crippen molar-refractivity contribution in [2.75, 3.05) is 6.67 Å². The van der Waals surface area contributed by atoms with E-state index in [1.165, 1.54) is 25.7 Å². The van der Waals surface area contributed by atoms with Crippen LogP contribution in [0.15, 0.2) is 12.2 Å². The largest absolute Gasteiger partial charge is 0.251 e. The summed E-state index contributed by atoms with van der Waals surface area (Å²) in [4.78, 5) is 0. The van der Waals surface area contributed by atoms with Crippen LogP contribution in [0.5, 0.6) is 0 Å². The summed E-state index contributed by atoms with van der Waals surface area (Å²) in [5.74, 6) is 1.46. The van der Waals surface area contributed by atoms with Crippen LogP contribution in [0.2, 0.25) is 0 Å². The van der Waals surface area contributed by atoms with Crippen molar-refractivity contribution in [2.24, 2.45) is 11.8 Å². The number of rotatable bonds is 3. The third-order valence-corrected chi connectivity index (χ3v) is 2.87. The van der Waals surface area contributed by atoms with Crippen LogP contribution in [0.25, 0.3) is 0 Å². The van der Waals surface area contributed by atoms with Crippen LogP contribution in [-0.2, 0) is 0 Å². The zero-order valence-electron chi connectivity index (χ0n) is 7.93. The minimum Gasteiger partial charge on any atom is -0.251 e. The Bertz CT molecular complexity index is 132. The van der Waals surface area contributed by atoms with Gasteiger partial charge in [0.05, 0.1) is 6.67 Å². The predicted molar refractivity (Wildman–Crippen MR) is 50.9 cm³/mol. The van der Waals surface area contributed by atoms with E-state index in [1.54, 1.807) is 0 Å². The topological polar surface area (TPSA) is 0 Å². The summed E-state index contributed by atoms with van der Waals surface area (Å²) in [6.07, 6.45) is 10.2. The van der Waals surface area contributed by atoms with Crippen LogP contribution < -0.4 is 0 Å². The van der Waals surface area contributed by atoms with Gasteiger partial charge in [-0.1, -0.05) is 12.2 Å². The van der Waals surface area contributed by atoms with E-state index in [-0.39, 0.29) is 6.67 Å². The number of hydrogen-bond acceptors (Lipinski definition) is 0. The van der Waals surface area contributed by atoms with Crippen LogP contribution >= 0.6 is 0 Å². The molecule has 0 N–H and O–H groups in total. The molecule has 1 aliphatic carbocycles. The quantitative estimate of drug-likeness (QED) is 0.566. The van der Waals surface area contributed by atoms with Crippen molar-refractivity contribution in [1.82, 2.24) is 0 Å². The molecule has 0 heterocycles. The monoisotopic (exact) mass is 170 g/mol. The standard InChI is InChI=1S/C11H19F/c1-2-3-10-4-6-11(7-5-10)8-9-12/h2-3,10-11H,4-9H2,1H3/b3-2+. The molecule has 0 aliphatic heterocycles. The highest BCUT2D eigenvalue weighted by Gasteiger charge is 2.18. The van der Waals surface area contributed by atoms with Crippen LogP contribution in [0.4, 0.5) is 4.39 Å². The lowest BCUT2D eigenvalue weighted by Crippen LogP contribution is -2.13. The molecule has 1 saturated carbocycles. The van der Waals surface area contributed by atoms with Gasteiger partial charge in [-0.3, -0.25) is 4.39 Å². The molecule has 1 heteroatoms. The van der Waals surface area contributed by atoms with Gasteiger partial charge in [-0.2, -0.15) is 0 Å². The maximum Gasteiger partial charge on any atom is 0.0897 e. The summed E-state index contributed by atoms with van der Waals surface area (Å²) in [6.45, 7) is 1.95. The van der Waals surface area contributed by atoms with Crippen molar-refractivity contribution in [3.63, 3.8) is 0 Å². The molecule has 0 radical (unpaired) electrons. The highest BCUT2D eigenvalue weighted by atomic mass is 19.1. The van der Waals surface area contributed by atoms with E-state index in [2.05, 4.69) is 19.1 Å². The summed E-state index contributed by atoms with van der Waals surface area (Å²) >= 11 is 0. The highest BCUT2D eigenvalue weighted by molar-refractivity contribution is 4.88. The second-order valence-electron chi connectivity index (χ2n) is 3.78. The molecule has 0 atom stereocenters. The lowest BCUT2D eigenvalue weighted by molar-refractivity contribution is 0.272. The fraction of sp³-hybridized carbons (Fsp3) is 0.818. The van der Waals surface area contributed by atoms with Gasteiger partial charge in [0, 0.05) is 0 Å². The molecule has 1 rings (SSSR count). The van der Waals surface area contributed by atoms with Gasteiger partial charge in [0.2, 0.25) is 0 Å². The average molecular weight is 170 g/mol. The van der Waals surface area contributed by atoms with E-state index >= 15 is 0 Å². The average Bonchev–Trinajstić information content (AvgIpc) is 2.09. The number of allylic oxidation sites excluding steroid dienone is 2. The Hall–Kier alpha value is -0.330. The second kappa shape index (κ2) is 5.34. The van der Waals surface area contributed by atoms with E-state index in [9.17, 15) is 4.39 Å². The van der Waals surface area contributed by atoms with Crippen LogP contribution in [0.3, 0.4) is 0 Å². The van der Waals surface area contributed by atoms with Crippen molar-refractivity contribution in [2.45, 2.75) is 39.0 Å². The van der Waals surface area contributed by atoms with Gasteiger partial charge < -0.3 is 0 Å². The minimum absolute atomic E-state index is 0.126. The number of halogens is 1. The maximum absolute atomic E-state index is 12.0. The van der Waals surface area contributed by atoms with E-state index in [0.717, 1.165) is 12.3 Å². The molecule has 70 valence electrons. The fourth-order valence-corrected chi connectivity index (χ4v) is 2.10. The smallest absolute Gasteiger partial charge is 0.0897 e. The molecular formula is C11H19F. The molecule has 0 aromatic carbocycles. The lowest BCUT2D eigenvalue weighted by Gasteiger charge is -2.25. The third kappa shape index (κ3) is 2.96. The van der Waals surface area contributed by atoms with Gasteiger partial charge in [0.15, 0.2) is 0 Å². The van der Waals surface area contributed by atoms with Crippen molar-refractivity contribution in [3.8, 4) is 0 Å². The van der Waals surface area contributed by atoms with Gasteiger partial charge in [-0.15, -0.1) is 0 Å². The minimum atomic E-state index is -0.126. The Morgan fingerprint density at radius 3 is 2.42 bits per heavy atom. The van der Waals surface area contributed by atoms with Crippen LogP contribution in [0, 0.1) is 11.8 Å². The van der Waals surface area contributed by atoms with Gasteiger partial charge in [-0.25, -0.2) is 0 Å². The fourth-order valence-electron chi connectivity index (χ4n) is 2.10. The summed E-state index contributed by atoms with van der Waals surface area (Å²) in [5.41, 5.74) is 0.